The van der Waals surface area contributed by atoms with E-state index in [4.69, 9.17) is 0 Å². The van der Waals surface area contributed by atoms with E-state index in [0.717, 1.165) is 16.1 Å². The predicted octanol–water partition coefficient (Wildman–Crippen LogP) is 1.16. The number of pyridine rings is 1. The zero-order valence-electron chi connectivity index (χ0n) is 7.59. The largest absolute Gasteiger partial charge is 0.257 e. The van der Waals surface area contributed by atoms with Gasteiger partial charge in [0, 0.05) is 11.4 Å². The Balaban J connectivity index is 3.74. The van der Waals surface area contributed by atoms with E-state index >= 15 is 0 Å². The lowest BCUT2D eigenvalue weighted by Crippen LogP contribution is -2.30. The van der Waals surface area contributed by atoms with Gasteiger partial charge in [0.15, 0.2) is 0 Å². The number of rotatable bonds is 1. The van der Waals surface area contributed by atoms with Crippen LogP contribution in [0.2, 0.25) is 0 Å². The monoisotopic (exact) mass is 159 g/mol. The van der Waals surface area contributed by atoms with Crippen molar-refractivity contribution in [2.75, 3.05) is 0 Å². The maximum absolute atomic E-state index is 4.13. The normalized spacial score (nSPS) is 12.5. The number of allylic oxidation sites excluding steroid dienone is 1. The van der Waals surface area contributed by atoms with Gasteiger partial charge in [-0.15, -0.1) is 0 Å². The number of aromatic nitrogens is 1. The fraction of sp³-hybridized carbons (Fsp3) is 0.182. The molecule has 1 aromatic rings. The molecule has 0 bridgehead atoms. The van der Waals surface area contributed by atoms with Gasteiger partial charge in [-0.25, -0.2) is 0 Å². The molecule has 62 valence electrons. The van der Waals surface area contributed by atoms with Gasteiger partial charge in [-0.1, -0.05) is 19.2 Å². The summed E-state index contributed by atoms with van der Waals surface area (Å²) in [6, 6.07) is 1.98. The third kappa shape index (κ3) is 1.45. The standard InChI is InChI=1S/C11H13N/c1-5-8(2)11-9(3)6-7-12-10(11)4/h5-7H,1,4H2,2-3H3/b11-8+. The van der Waals surface area contributed by atoms with Gasteiger partial charge in [0.25, 0.3) is 0 Å². The highest BCUT2D eigenvalue weighted by Gasteiger charge is 1.92. The second-order valence-corrected chi connectivity index (χ2v) is 2.84. The molecule has 0 aliphatic carbocycles. The van der Waals surface area contributed by atoms with Gasteiger partial charge in [-0.3, -0.25) is 4.98 Å². The molecule has 0 aliphatic rings. The van der Waals surface area contributed by atoms with Gasteiger partial charge < -0.3 is 0 Å². The smallest absolute Gasteiger partial charge is 0.0635 e. The lowest BCUT2D eigenvalue weighted by atomic mass is 10.1. The van der Waals surface area contributed by atoms with E-state index in [-0.39, 0.29) is 0 Å². The molecule has 0 fully saturated rings. The van der Waals surface area contributed by atoms with E-state index in [9.17, 15) is 0 Å². The molecule has 1 heteroatoms. The average Bonchev–Trinajstić information content (AvgIpc) is 2.03. The highest BCUT2D eigenvalue weighted by Crippen LogP contribution is 1.91. The molecular weight excluding hydrogens is 146 g/mol. The summed E-state index contributed by atoms with van der Waals surface area (Å²) in [6.45, 7) is 11.7. The van der Waals surface area contributed by atoms with Crippen LogP contribution in [0.1, 0.15) is 12.5 Å². The quantitative estimate of drug-likeness (QED) is 0.599. The van der Waals surface area contributed by atoms with Crippen molar-refractivity contribution >= 4 is 12.2 Å². The van der Waals surface area contributed by atoms with Gasteiger partial charge in [-0.2, -0.15) is 0 Å². The van der Waals surface area contributed by atoms with Crippen molar-refractivity contribution in [1.29, 1.82) is 0 Å². The van der Waals surface area contributed by atoms with Crippen LogP contribution in [0.3, 0.4) is 0 Å². The Labute approximate surface area is 72.8 Å². The second kappa shape index (κ2) is 3.35. The van der Waals surface area contributed by atoms with Crippen LogP contribution in [0.5, 0.6) is 0 Å². The molecule has 1 nitrogen and oxygen atoms in total. The van der Waals surface area contributed by atoms with Gasteiger partial charge in [-0.05, 0) is 31.1 Å². The van der Waals surface area contributed by atoms with Crippen LogP contribution in [0, 0.1) is 6.92 Å². The molecule has 0 saturated carbocycles. The van der Waals surface area contributed by atoms with Crippen LogP contribution in [0.4, 0.5) is 0 Å². The molecule has 1 heterocycles. The van der Waals surface area contributed by atoms with Crippen LogP contribution in [-0.2, 0) is 0 Å². The second-order valence-electron chi connectivity index (χ2n) is 2.84. The summed E-state index contributed by atoms with van der Waals surface area (Å²) in [5.41, 5.74) is 2.33. The van der Waals surface area contributed by atoms with E-state index in [1.807, 2.05) is 19.1 Å². The zero-order chi connectivity index (χ0) is 9.14. The molecule has 0 radical (unpaired) electrons. The van der Waals surface area contributed by atoms with Crippen LogP contribution < -0.4 is 10.6 Å². The van der Waals surface area contributed by atoms with Crippen molar-refractivity contribution in [2.45, 2.75) is 13.8 Å². The molecular formula is C11H13N. The molecule has 0 amide bonds. The Hall–Kier alpha value is -1.37. The van der Waals surface area contributed by atoms with Crippen molar-refractivity contribution in [1.82, 2.24) is 4.98 Å². The van der Waals surface area contributed by atoms with Crippen LogP contribution >= 0.6 is 0 Å². The van der Waals surface area contributed by atoms with Gasteiger partial charge in [0.05, 0.1) is 5.35 Å². The molecule has 0 saturated heterocycles. The molecule has 0 aromatic carbocycles. The minimum absolute atomic E-state index is 0.826. The highest BCUT2D eigenvalue weighted by molar-refractivity contribution is 5.54. The van der Waals surface area contributed by atoms with Gasteiger partial charge in [0.2, 0.25) is 0 Å². The lowest BCUT2D eigenvalue weighted by molar-refractivity contribution is 1.18. The first-order chi connectivity index (χ1) is 5.66. The average molecular weight is 159 g/mol. The molecule has 12 heavy (non-hydrogen) atoms. The van der Waals surface area contributed by atoms with E-state index < -0.39 is 0 Å². The summed E-state index contributed by atoms with van der Waals surface area (Å²) in [4.78, 5) is 4.13. The molecule has 0 N–H and O–H groups in total. The molecule has 1 aromatic heterocycles. The minimum atomic E-state index is 0.826. The zero-order valence-corrected chi connectivity index (χ0v) is 7.59. The van der Waals surface area contributed by atoms with E-state index in [1.165, 1.54) is 5.56 Å². The Morgan fingerprint density at radius 1 is 1.58 bits per heavy atom. The van der Waals surface area contributed by atoms with E-state index in [1.54, 1.807) is 6.20 Å². The first-order valence-corrected chi connectivity index (χ1v) is 3.90. The Kier molecular flexibility index (Phi) is 2.44. The van der Waals surface area contributed by atoms with Crippen LogP contribution in [-0.4, -0.2) is 4.98 Å². The summed E-state index contributed by atoms with van der Waals surface area (Å²) in [7, 11) is 0. The molecule has 0 spiro atoms. The summed E-state index contributed by atoms with van der Waals surface area (Å²) >= 11 is 0. The fourth-order valence-electron chi connectivity index (χ4n) is 1.26. The highest BCUT2D eigenvalue weighted by atomic mass is 14.6. The number of nitrogens with zero attached hydrogens (tertiary/aromatic N) is 1. The lowest BCUT2D eigenvalue weighted by Gasteiger charge is -1.97. The summed E-state index contributed by atoms with van der Waals surface area (Å²) in [6.07, 6.45) is 3.61. The topological polar surface area (TPSA) is 12.9 Å². The maximum Gasteiger partial charge on any atom is 0.0635 e. The maximum atomic E-state index is 4.13. The molecule has 0 atom stereocenters. The third-order valence-electron chi connectivity index (χ3n) is 1.94. The summed E-state index contributed by atoms with van der Waals surface area (Å²) in [5.74, 6) is 0. The van der Waals surface area contributed by atoms with Crippen LogP contribution in [0.25, 0.3) is 12.2 Å². The van der Waals surface area contributed by atoms with Crippen molar-refractivity contribution in [3.8, 4) is 0 Å². The van der Waals surface area contributed by atoms with Gasteiger partial charge in [0.1, 0.15) is 0 Å². The van der Waals surface area contributed by atoms with E-state index in [2.05, 4.69) is 25.1 Å². The Morgan fingerprint density at radius 3 is 2.75 bits per heavy atom. The predicted molar refractivity (Wildman–Crippen MR) is 53.0 cm³/mol. The fourth-order valence-corrected chi connectivity index (χ4v) is 1.26. The number of hydrogen-bond donors (Lipinski definition) is 0. The Bertz CT molecular complexity index is 402. The molecule has 0 aliphatic heterocycles. The first-order valence-electron chi connectivity index (χ1n) is 3.90. The van der Waals surface area contributed by atoms with Crippen LogP contribution in [0.15, 0.2) is 24.9 Å². The Morgan fingerprint density at radius 2 is 2.25 bits per heavy atom. The van der Waals surface area contributed by atoms with Crippen molar-refractivity contribution in [2.24, 2.45) is 0 Å². The van der Waals surface area contributed by atoms with Crippen molar-refractivity contribution in [3.05, 3.63) is 41.0 Å². The third-order valence-corrected chi connectivity index (χ3v) is 1.94. The molecule has 0 unspecified atom stereocenters. The molecule has 1 rings (SSSR count). The summed E-state index contributed by atoms with van der Waals surface area (Å²) in [5, 5.41) is 1.94. The minimum Gasteiger partial charge on any atom is -0.257 e. The first kappa shape index (κ1) is 8.72. The number of hydrogen-bond acceptors (Lipinski definition) is 1. The van der Waals surface area contributed by atoms with Crippen molar-refractivity contribution in [3.63, 3.8) is 0 Å². The van der Waals surface area contributed by atoms with Crippen molar-refractivity contribution < 1.29 is 0 Å². The SMILES string of the molecule is C=C/C(C)=c1\c(C)ccnc1=C. The van der Waals surface area contributed by atoms with E-state index in [0.29, 0.717) is 0 Å². The summed E-state index contributed by atoms with van der Waals surface area (Å²) < 4.78 is 0. The number of aryl methyl sites for hydroxylation is 1. The van der Waals surface area contributed by atoms with Gasteiger partial charge >= 0.3 is 0 Å².